The summed E-state index contributed by atoms with van der Waals surface area (Å²) < 4.78 is 0. The van der Waals surface area contributed by atoms with Crippen LogP contribution in [0.15, 0.2) is 12.1 Å². The molecule has 1 aromatic carbocycles. The molecule has 0 aliphatic rings. The summed E-state index contributed by atoms with van der Waals surface area (Å²) in [5.41, 5.74) is 10.3. The summed E-state index contributed by atoms with van der Waals surface area (Å²) in [7, 11) is 1.69. The molecule has 0 heterocycles. The summed E-state index contributed by atoms with van der Waals surface area (Å²) in [5, 5.41) is 0. The third-order valence-corrected chi connectivity index (χ3v) is 2.71. The summed E-state index contributed by atoms with van der Waals surface area (Å²) >= 11 is 0. The Hall–Kier alpha value is -1.35. The fourth-order valence-electron chi connectivity index (χ4n) is 2.04. The Labute approximate surface area is 97.2 Å². The highest BCUT2D eigenvalue weighted by Crippen LogP contribution is 2.17. The molecule has 3 nitrogen and oxygen atoms in total. The average molecular weight is 220 g/mol. The predicted octanol–water partition coefficient (Wildman–Crippen LogP) is 1.80. The molecule has 0 aliphatic carbocycles. The van der Waals surface area contributed by atoms with E-state index in [1.807, 2.05) is 0 Å². The Kier molecular flexibility index (Phi) is 4.50. The van der Waals surface area contributed by atoms with Gasteiger partial charge in [-0.1, -0.05) is 17.7 Å². The van der Waals surface area contributed by atoms with Crippen LogP contribution in [-0.2, 0) is 11.2 Å². The number of amides is 1. The molecule has 0 unspecified atom stereocenters. The van der Waals surface area contributed by atoms with Crippen molar-refractivity contribution in [1.29, 1.82) is 0 Å². The zero-order valence-corrected chi connectivity index (χ0v) is 10.5. The Bertz CT molecular complexity index is 363. The maximum atomic E-state index is 11.3. The molecule has 0 atom stereocenters. The van der Waals surface area contributed by atoms with Crippen LogP contribution in [-0.4, -0.2) is 13.0 Å². The largest absolute Gasteiger partial charge is 0.292 e. The van der Waals surface area contributed by atoms with E-state index in [0.717, 1.165) is 6.42 Å². The second kappa shape index (κ2) is 5.66. The van der Waals surface area contributed by atoms with Crippen molar-refractivity contribution in [3.05, 3.63) is 34.4 Å². The number of hydrogen-bond acceptors (Lipinski definition) is 2. The normalized spacial score (nSPS) is 10.2. The second-order valence-electron chi connectivity index (χ2n) is 4.18. The topological polar surface area (TPSA) is 41.1 Å². The van der Waals surface area contributed by atoms with Gasteiger partial charge in [-0.3, -0.25) is 10.2 Å². The number of carbonyl (C=O) groups is 1. The number of hydrogen-bond donors (Lipinski definition) is 2. The molecule has 88 valence electrons. The molecule has 0 saturated heterocycles. The molecule has 16 heavy (non-hydrogen) atoms. The van der Waals surface area contributed by atoms with Crippen LogP contribution in [0.25, 0.3) is 0 Å². The second-order valence-corrected chi connectivity index (χ2v) is 4.18. The minimum atomic E-state index is 0.0295. The minimum Gasteiger partial charge on any atom is -0.292 e. The van der Waals surface area contributed by atoms with Crippen LogP contribution in [0, 0.1) is 20.8 Å². The molecule has 0 aliphatic heterocycles. The Morgan fingerprint density at radius 2 is 1.75 bits per heavy atom. The van der Waals surface area contributed by atoms with Crippen molar-refractivity contribution in [2.45, 2.75) is 33.6 Å². The monoisotopic (exact) mass is 220 g/mol. The highest BCUT2D eigenvalue weighted by molar-refractivity contribution is 5.75. The van der Waals surface area contributed by atoms with Crippen LogP contribution in [0.3, 0.4) is 0 Å². The van der Waals surface area contributed by atoms with Crippen molar-refractivity contribution in [2.24, 2.45) is 0 Å². The van der Waals surface area contributed by atoms with Gasteiger partial charge >= 0.3 is 0 Å². The number of carbonyl (C=O) groups excluding carboxylic acids is 1. The van der Waals surface area contributed by atoms with Gasteiger partial charge in [0.05, 0.1) is 0 Å². The molecular weight excluding hydrogens is 200 g/mol. The Morgan fingerprint density at radius 1 is 1.19 bits per heavy atom. The van der Waals surface area contributed by atoms with E-state index in [2.05, 4.69) is 43.8 Å². The lowest BCUT2D eigenvalue weighted by Gasteiger charge is -2.11. The van der Waals surface area contributed by atoms with Crippen LogP contribution < -0.4 is 10.9 Å². The van der Waals surface area contributed by atoms with Crippen LogP contribution >= 0.6 is 0 Å². The molecule has 1 amide bonds. The summed E-state index contributed by atoms with van der Waals surface area (Å²) in [4.78, 5) is 11.3. The van der Waals surface area contributed by atoms with E-state index < -0.39 is 0 Å². The van der Waals surface area contributed by atoms with Gasteiger partial charge in [0.1, 0.15) is 0 Å². The molecule has 0 spiro atoms. The van der Waals surface area contributed by atoms with E-state index in [1.54, 1.807) is 7.05 Å². The van der Waals surface area contributed by atoms with Crippen molar-refractivity contribution < 1.29 is 4.79 Å². The Balaban J connectivity index is 2.70. The Morgan fingerprint density at radius 3 is 2.25 bits per heavy atom. The zero-order chi connectivity index (χ0) is 12.1. The fourth-order valence-corrected chi connectivity index (χ4v) is 2.04. The molecule has 3 heteroatoms. The van der Waals surface area contributed by atoms with E-state index in [-0.39, 0.29) is 5.91 Å². The molecular formula is C13H20N2O. The van der Waals surface area contributed by atoms with E-state index >= 15 is 0 Å². The van der Waals surface area contributed by atoms with E-state index in [4.69, 9.17) is 0 Å². The lowest BCUT2D eigenvalue weighted by molar-refractivity contribution is -0.121. The van der Waals surface area contributed by atoms with Crippen LogP contribution in [0.1, 0.15) is 28.7 Å². The molecule has 0 bridgehead atoms. The molecule has 1 aromatic rings. The maximum Gasteiger partial charge on any atom is 0.234 e. The van der Waals surface area contributed by atoms with Crippen molar-refractivity contribution in [2.75, 3.05) is 7.05 Å². The van der Waals surface area contributed by atoms with E-state index in [1.165, 1.54) is 22.3 Å². The summed E-state index contributed by atoms with van der Waals surface area (Å²) in [5.74, 6) is 0.0295. The van der Waals surface area contributed by atoms with Gasteiger partial charge in [0.15, 0.2) is 0 Å². The standard InChI is InChI=1S/C13H20N2O/c1-9-7-10(2)12(11(3)8-9)5-6-13(16)15-14-4/h7-8,14H,5-6H2,1-4H3,(H,15,16). The van der Waals surface area contributed by atoms with Crippen molar-refractivity contribution in [3.8, 4) is 0 Å². The molecule has 1 rings (SSSR count). The van der Waals surface area contributed by atoms with Gasteiger partial charge in [0, 0.05) is 13.5 Å². The van der Waals surface area contributed by atoms with Crippen LogP contribution in [0.2, 0.25) is 0 Å². The lowest BCUT2D eigenvalue weighted by Crippen LogP contribution is -2.34. The molecule has 2 N–H and O–H groups in total. The number of rotatable bonds is 4. The van der Waals surface area contributed by atoms with Gasteiger partial charge in [0.25, 0.3) is 0 Å². The quantitative estimate of drug-likeness (QED) is 0.760. The summed E-state index contributed by atoms with van der Waals surface area (Å²) in [6, 6.07) is 4.33. The number of benzene rings is 1. The van der Waals surface area contributed by atoms with Gasteiger partial charge < -0.3 is 0 Å². The van der Waals surface area contributed by atoms with Gasteiger partial charge in [-0.2, -0.15) is 0 Å². The molecule has 0 saturated carbocycles. The average Bonchev–Trinajstić information content (AvgIpc) is 2.16. The number of aryl methyl sites for hydroxylation is 3. The zero-order valence-electron chi connectivity index (χ0n) is 10.5. The highest BCUT2D eigenvalue weighted by atomic mass is 16.2. The summed E-state index contributed by atoms with van der Waals surface area (Å²) in [6.45, 7) is 6.30. The first kappa shape index (κ1) is 12.7. The summed E-state index contributed by atoms with van der Waals surface area (Å²) in [6.07, 6.45) is 1.32. The number of nitrogens with one attached hydrogen (secondary N) is 2. The van der Waals surface area contributed by atoms with Crippen molar-refractivity contribution >= 4 is 5.91 Å². The molecule has 0 fully saturated rings. The van der Waals surface area contributed by atoms with Crippen LogP contribution in [0.5, 0.6) is 0 Å². The van der Waals surface area contributed by atoms with Gasteiger partial charge in [-0.05, 0) is 43.9 Å². The van der Waals surface area contributed by atoms with Crippen LogP contribution in [0.4, 0.5) is 0 Å². The fraction of sp³-hybridized carbons (Fsp3) is 0.462. The predicted molar refractivity (Wildman–Crippen MR) is 66.2 cm³/mol. The minimum absolute atomic E-state index is 0.0295. The number of hydrazine groups is 1. The first-order chi connectivity index (χ1) is 7.54. The smallest absolute Gasteiger partial charge is 0.234 e. The molecule has 0 radical (unpaired) electrons. The van der Waals surface area contributed by atoms with E-state index in [0.29, 0.717) is 6.42 Å². The van der Waals surface area contributed by atoms with Gasteiger partial charge in [-0.15, -0.1) is 0 Å². The third kappa shape index (κ3) is 3.35. The third-order valence-electron chi connectivity index (χ3n) is 2.71. The SMILES string of the molecule is CNNC(=O)CCc1c(C)cc(C)cc1C. The van der Waals surface area contributed by atoms with Crippen molar-refractivity contribution in [3.63, 3.8) is 0 Å². The lowest BCUT2D eigenvalue weighted by atomic mass is 9.96. The van der Waals surface area contributed by atoms with Crippen molar-refractivity contribution in [1.82, 2.24) is 10.9 Å². The van der Waals surface area contributed by atoms with E-state index in [9.17, 15) is 4.79 Å². The highest BCUT2D eigenvalue weighted by Gasteiger charge is 2.06. The molecule has 0 aromatic heterocycles. The van der Waals surface area contributed by atoms with Gasteiger partial charge in [-0.25, -0.2) is 5.43 Å². The first-order valence-corrected chi connectivity index (χ1v) is 5.57. The maximum absolute atomic E-state index is 11.3. The van der Waals surface area contributed by atoms with Gasteiger partial charge in [0.2, 0.25) is 5.91 Å². The first-order valence-electron chi connectivity index (χ1n) is 5.57.